The van der Waals surface area contributed by atoms with Crippen LogP contribution in [0.5, 0.6) is 5.75 Å². The standard InChI is InChI=1S/C24H29ClO6/c1-3-13-4-6-14(7-5-13)8-15-9-16(23-18(19(15)25)12(2)11-30-23)24-22(29)21(28)20(27)17(10-26)31-24/h4-7,9,12,17,20-22,24,26-29H,3,8,10-11H2,1-2H3/t12?,17-,20-,21+,22-,24+/m1/s1. The second-order valence-electron chi connectivity index (χ2n) is 8.49. The normalized spacial score (nSPS) is 30.2. The first kappa shape index (κ1) is 22.5. The Labute approximate surface area is 187 Å². The van der Waals surface area contributed by atoms with Gasteiger partial charge in [0, 0.05) is 17.0 Å². The quantitative estimate of drug-likeness (QED) is 0.561. The zero-order valence-corrected chi connectivity index (χ0v) is 18.4. The Kier molecular flexibility index (Phi) is 6.58. The molecule has 7 heteroatoms. The summed E-state index contributed by atoms with van der Waals surface area (Å²) in [7, 11) is 0. The lowest BCUT2D eigenvalue weighted by atomic mass is 9.87. The fraction of sp³-hybridized carbons (Fsp3) is 0.500. The number of rotatable bonds is 5. The van der Waals surface area contributed by atoms with Gasteiger partial charge in [-0.15, -0.1) is 0 Å². The van der Waals surface area contributed by atoms with Crippen molar-refractivity contribution >= 4 is 11.6 Å². The van der Waals surface area contributed by atoms with Crippen LogP contribution in [0, 0.1) is 0 Å². The molecule has 2 heterocycles. The first-order valence-corrected chi connectivity index (χ1v) is 11.1. The van der Waals surface area contributed by atoms with E-state index in [4.69, 9.17) is 21.1 Å². The van der Waals surface area contributed by atoms with Gasteiger partial charge in [-0.05, 0) is 35.6 Å². The highest BCUT2D eigenvalue weighted by Crippen LogP contribution is 2.48. The number of benzene rings is 2. The van der Waals surface area contributed by atoms with E-state index in [2.05, 4.69) is 31.2 Å². The Hall–Kier alpha value is -1.67. The number of aliphatic hydroxyl groups is 4. The SMILES string of the molecule is CCc1ccc(Cc2cc([C@@H]3O[C@H](CO)[C@@H](O)[C@H](O)[C@H]3O)c3c(c2Cl)C(C)CO3)cc1. The minimum Gasteiger partial charge on any atom is -0.492 e. The third kappa shape index (κ3) is 4.09. The van der Waals surface area contributed by atoms with Gasteiger partial charge in [0.15, 0.2) is 0 Å². The van der Waals surface area contributed by atoms with E-state index in [1.807, 2.05) is 13.0 Å². The highest BCUT2D eigenvalue weighted by Gasteiger charge is 2.46. The third-order valence-corrected chi connectivity index (χ3v) is 6.80. The van der Waals surface area contributed by atoms with Gasteiger partial charge < -0.3 is 29.9 Å². The molecular weight excluding hydrogens is 420 g/mol. The van der Waals surface area contributed by atoms with Crippen molar-refractivity contribution in [3.63, 3.8) is 0 Å². The molecule has 1 unspecified atom stereocenters. The van der Waals surface area contributed by atoms with E-state index in [-0.39, 0.29) is 5.92 Å². The molecule has 2 aliphatic heterocycles. The van der Waals surface area contributed by atoms with E-state index >= 15 is 0 Å². The van der Waals surface area contributed by atoms with Crippen LogP contribution in [-0.2, 0) is 17.6 Å². The summed E-state index contributed by atoms with van der Waals surface area (Å²) in [5.74, 6) is 0.612. The Morgan fingerprint density at radius 1 is 1.03 bits per heavy atom. The second-order valence-corrected chi connectivity index (χ2v) is 8.87. The highest BCUT2D eigenvalue weighted by atomic mass is 35.5. The first-order valence-electron chi connectivity index (χ1n) is 10.7. The van der Waals surface area contributed by atoms with Gasteiger partial charge in [0.2, 0.25) is 0 Å². The maximum atomic E-state index is 10.7. The molecule has 0 amide bonds. The molecule has 1 fully saturated rings. The molecule has 0 aromatic heterocycles. The minimum absolute atomic E-state index is 0.0635. The maximum absolute atomic E-state index is 10.7. The average Bonchev–Trinajstić information content (AvgIpc) is 3.17. The Balaban J connectivity index is 1.76. The third-order valence-electron chi connectivity index (χ3n) is 6.35. The Bertz CT molecular complexity index is 929. The van der Waals surface area contributed by atoms with Crippen molar-refractivity contribution in [1.82, 2.24) is 0 Å². The van der Waals surface area contributed by atoms with Gasteiger partial charge in [0.05, 0.1) is 18.2 Å². The van der Waals surface area contributed by atoms with Crippen molar-refractivity contribution in [1.29, 1.82) is 0 Å². The summed E-state index contributed by atoms with van der Waals surface area (Å²) in [5, 5.41) is 41.3. The lowest BCUT2D eigenvalue weighted by Gasteiger charge is -2.40. The van der Waals surface area contributed by atoms with E-state index < -0.39 is 37.1 Å². The Morgan fingerprint density at radius 2 is 1.71 bits per heavy atom. The molecule has 2 aliphatic rings. The van der Waals surface area contributed by atoms with E-state index in [9.17, 15) is 20.4 Å². The van der Waals surface area contributed by atoms with E-state index in [0.717, 1.165) is 23.1 Å². The molecule has 2 aromatic rings. The molecule has 0 radical (unpaired) electrons. The predicted octanol–water partition coefficient (Wildman–Crippen LogP) is 2.50. The molecule has 6 atom stereocenters. The molecule has 2 aromatic carbocycles. The van der Waals surface area contributed by atoms with Crippen molar-refractivity contribution < 1.29 is 29.9 Å². The van der Waals surface area contributed by atoms with Gasteiger partial charge in [0.1, 0.15) is 36.3 Å². The lowest BCUT2D eigenvalue weighted by Crippen LogP contribution is -2.55. The molecule has 0 bridgehead atoms. The van der Waals surface area contributed by atoms with Gasteiger partial charge in [-0.3, -0.25) is 0 Å². The maximum Gasteiger partial charge on any atom is 0.130 e. The molecule has 0 spiro atoms. The molecule has 0 aliphatic carbocycles. The van der Waals surface area contributed by atoms with Crippen LogP contribution >= 0.6 is 11.6 Å². The molecule has 6 nitrogen and oxygen atoms in total. The largest absolute Gasteiger partial charge is 0.492 e. The van der Waals surface area contributed by atoms with Crippen LogP contribution in [0.3, 0.4) is 0 Å². The van der Waals surface area contributed by atoms with Crippen LogP contribution in [0.4, 0.5) is 0 Å². The smallest absolute Gasteiger partial charge is 0.130 e. The molecular formula is C24H29ClO6. The van der Waals surface area contributed by atoms with Crippen LogP contribution < -0.4 is 4.74 Å². The summed E-state index contributed by atoms with van der Waals surface area (Å²) >= 11 is 6.80. The highest BCUT2D eigenvalue weighted by molar-refractivity contribution is 6.32. The van der Waals surface area contributed by atoms with Gasteiger partial charge in [0.25, 0.3) is 0 Å². The summed E-state index contributed by atoms with van der Waals surface area (Å²) in [6.07, 6.45) is -4.63. The van der Waals surface area contributed by atoms with Gasteiger partial charge in [-0.1, -0.05) is 49.7 Å². The topological polar surface area (TPSA) is 99.4 Å². The molecule has 0 saturated carbocycles. The van der Waals surface area contributed by atoms with Crippen LogP contribution in [0.15, 0.2) is 30.3 Å². The number of aliphatic hydroxyl groups excluding tert-OH is 4. The van der Waals surface area contributed by atoms with E-state index in [0.29, 0.717) is 29.4 Å². The summed E-state index contributed by atoms with van der Waals surface area (Å²) in [5.41, 5.74) is 4.66. The van der Waals surface area contributed by atoms with Gasteiger partial charge >= 0.3 is 0 Å². The van der Waals surface area contributed by atoms with Crippen molar-refractivity contribution in [2.24, 2.45) is 0 Å². The number of halogens is 1. The summed E-state index contributed by atoms with van der Waals surface area (Å²) < 4.78 is 11.7. The summed E-state index contributed by atoms with van der Waals surface area (Å²) in [6.45, 7) is 4.11. The second kappa shape index (κ2) is 9.06. The molecule has 4 rings (SSSR count). The van der Waals surface area contributed by atoms with Crippen LogP contribution in [0.1, 0.15) is 53.7 Å². The number of aryl methyl sites for hydroxylation is 1. The zero-order chi connectivity index (χ0) is 22.3. The number of hydrogen-bond acceptors (Lipinski definition) is 6. The monoisotopic (exact) mass is 448 g/mol. The number of hydrogen-bond donors (Lipinski definition) is 4. The van der Waals surface area contributed by atoms with Crippen LogP contribution in [0.25, 0.3) is 0 Å². The van der Waals surface area contributed by atoms with Crippen molar-refractivity contribution in [3.05, 3.63) is 63.2 Å². The van der Waals surface area contributed by atoms with Gasteiger partial charge in [-0.2, -0.15) is 0 Å². The molecule has 31 heavy (non-hydrogen) atoms. The number of fused-ring (bicyclic) bond motifs is 1. The lowest BCUT2D eigenvalue weighted by molar-refractivity contribution is -0.232. The van der Waals surface area contributed by atoms with Crippen LogP contribution in [0.2, 0.25) is 5.02 Å². The van der Waals surface area contributed by atoms with Crippen molar-refractivity contribution in [2.75, 3.05) is 13.2 Å². The first-order chi connectivity index (χ1) is 14.8. The van der Waals surface area contributed by atoms with E-state index in [1.54, 1.807) is 0 Å². The van der Waals surface area contributed by atoms with Crippen molar-refractivity contribution in [2.45, 2.75) is 63.1 Å². The fourth-order valence-corrected chi connectivity index (χ4v) is 4.84. The fourth-order valence-electron chi connectivity index (χ4n) is 4.45. The van der Waals surface area contributed by atoms with Crippen LogP contribution in [-0.4, -0.2) is 58.1 Å². The summed E-state index contributed by atoms with van der Waals surface area (Å²) in [6, 6.07) is 10.2. The summed E-state index contributed by atoms with van der Waals surface area (Å²) in [4.78, 5) is 0. The Morgan fingerprint density at radius 3 is 2.35 bits per heavy atom. The van der Waals surface area contributed by atoms with Gasteiger partial charge in [-0.25, -0.2) is 0 Å². The minimum atomic E-state index is -1.45. The predicted molar refractivity (Wildman–Crippen MR) is 117 cm³/mol. The molecule has 1 saturated heterocycles. The number of ether oxygens (including phenoxy) is 2. The molecule has 168 valence electrons. The van der Waals surface area contributed by atoms with E-state index in [1.165, 1.54) is 5.56 Å². The zero-order valence-electron chi connectivity index (χ0n) is 17.7. The molecule has 4 N–H and O–H groups in total. The van der Waals surface area contributed by atoms with Crippen molar-refractivity contribution in [3.8, 4) is 5.75 Å². The average molecular weight is 449 g/mol.